The summed E-state index contributed by atoms with van der Waals surface area (Å²) in [5.41, 5.74) is -0.593. The molecule has 0 fully saturated rings. The Bertz CT molecular complexity index is 625. The van der Waals surface area contributed by atoms with Gasteiger partial charge in [0.05, 0.1) is 0 Å². The van der Waals surface area contributed by atoms with Gasteiger partial charge in [-0.05, 0) is 45.9 Å². The minimum absolute atomic E-state index is 0.0850. The molecule has 3 amide bonds. The maximum Gasteiger partial charge on any atom is 0.342 e. The lowest BCUT2D eigenvalue weighted by molar-refractivity contribution is -0.127. The molecule has 0 aliphatic heterocycles. The SMILES string of the molecule is CC(OC(=O)c1cc(Br)ccc1O)C(=O)NC(=O)NC(C)(C)C. The molecule has 0 heterocycles. The number of hydrogen-bond acceptors (Lipinski definition) is 5. The van der Waals surface area contributed by atoms with Gasteiger partial charge in [-0.25, -0.2) is 9.59 Å². The number of imide groups is 1. The van der Waals surface area contributed by atoms with Crippen molar-refractivity contribution in [3.63, 3.8) is 0 Å². The van der Waals surface area contributed by atoms with Crippen molar-refractivity contribution < 1.29 is 24.2 Å². The van der Waals surface area contributed by atoms with Gasteiger partial charge in [-0.3, -0.25) is 10.1 Å². The molecule has 1 atom stereocenters. The molecular weight excluding hydrogens is 368 g/mol. The molecule has 0 aliphatic carbocycles. The Morgan fingerprint density at radius 2 is 1.87 bits per heavy atom. The van der Waals surface area contributed by atoms with E-state index in [4.69, 9.17) is 4.74 Å². The third-order valence-corrected chi connectivity index (χ3v) is 3.05. The molecule has 8 heteroatoms. The number of carbonyl (C=O) groups is 3. The molecule has 0 aliphatic rings. The second-order valence-corrected chi connectivity index (χ2v) is 6.82. The molecule has 0 bridgehead atoms. The summed E-state index contributed by atoms with van der Waals surface area (Å²) in [6.07, 6.45) is -1.20. The second-order valence-electron chi connectivity index (χ2n) is 5.90. The van der Waals surface area contributed by atoms with Gasteiger partial charge >= 0.3 is 12.0 Å². The number of phenols is 1. The standard InChI is InChI=1S/C15H19BrN2O5/c1-8(12(20)17-14(22)18-15(2,3)4)23-13(21)10-7-9(16)5-6-11(10)19/h5-8,19H,1-4H3,(H2,17,18,20,22). The van der Waals surface area contributed by atoms with Crippen molar-refractivity contribution in [2.75, 3.05) is 0 Å². The van der Waals surface area contributed by atoms with Crippen LogP contribution in [0, 0.1) is 0 Å². The fraction of sp³-hybridized carbons (Fsp3) is 0.400. The van der Waals surface area contributed by atoms with Crippen LogP contribution in [0.15, 0.2) is 22.7 Å². The number of hydrogen-bond donors (Lipinski definition) is 3. The maximum atomic E-state index is 12.0. The molecule has 3 N–H and O–H groups in total. The summed E-state index contributed by atoms with van der Waals surface area (Å²) in [6, 6.07) is 3.56. The van der Waals surface area contributed by atoms with E-state index in [1.54, 1.807) is 26.8 Å². The summed E-state index contributed by atoms with van der Waals surface area (Å²) in [5, 5.41) is 14.3. The van der Waals surface area contributed by atoms with E-state index in [0.717, 1.165) is 0 Å². The Hall–Kier alpha value is -2.09. The number of nitrogens with one attached hydrogen (secondary N) is 2. The van der Waals surface area contributed by atoms with E-state index in [1.165, 1.54) is 19.1 Å². The fourth-order valence-electron chi connectivity index (χ4n) is 1.53. The van der Waals surface area contributed by atoms with Gasteiger partial charge in [0.1, 0.15) is 11.3 Å². The number of phenolic OH excluding ortho intramolecular Hbond substituents is 1. The molecule has 1 aromatic carbocycles. The summed E-state index contributed by atoms with van der Waals surface area (Å²) >= 11 is 3.17. The van der Waals surface area contributed by atoms with Gasteiger partial charge in [0.25, 0.3) is 5.91 Å². The summed E-state index contributed by atoms with van der Waals surface area (Å²) < 4.78 is 5.53. The van der Waals surface area contributed by atoms with Crippen LogP contribution in [0.1, 0.15) is 38.1 Å². The molecule has 0 radical (unpaired) electrons. The van der Waals surface area contributed by atoms with Crippen molar-refractivity contribution in [1.29, 1.82) is 0 Å². The minimum atomic E-state index is -1.20. The van der Waals surface area contributed by atoms with Crippen LogP contribution in [0.2, 0.25) is 0 Å². The molecule has 7 nitrogen and oxygen atoms in total. The average molecular weight is 387 g/mol. The summed E-state index contributed by atoms with van der Waals surface area (Å²) in [7, 11) is 0. The predicted octanol–water partition coefficient (Wildman–Crippen LogP) is 2.32. The van der Waals surface area contributed by atoms with Crippen molar-refractivity contribution in [2.24, 2.45) is 0 Å². The number of benzene rings is 1. The zero-order valence-corrected chi connectivity index (χ0v) is 14.9. The van der Waals surface area contributed by atoms with Gasteiger partial charge < -0.3 is 15.2 Å². The molecule has 126 valence electrons. The molecule has 0 saturated heterocycles. The number of halogens is 1. The number of aromatic hydroxyl groups is 1. The van der Waals surface area contributed by atoms with Gasteiger partial charge in [-0.15, -0.1) is 0 Å². The van der Waals surface area contributed by atoms with E-state index < -0.39 is 29.6 Å². The number of amides is 3. The number of rotatable bonds is 3. The van der Waals surface area contributed by atoms with Crippen LogP contribution in [0.4, 0.5) is 4.79 Å². The van der Waals surface area contributed by atoms with E-state index in [-0.39, 0.29) is 11.3 Å². The van der Waals surface area contributed by atoms with E-state index >= 15 is 0 Å². The summed E-state index contributed by atoms with van der Waals surface area (Å²) in [5.74, 6) is -1.91. The van der Waals surface area contributed by atoms with Crippen LogP contribution in [0.25, 0.3) is 0 Å². The third-order valence-electron chi connectivity index (χ3n) is 2.56. The molecule has 0 saturated carbocycles. The van der Waals surface area contributed by atoms with Crippen LogP contribution < -0.4 is 10.6 Å². The monoisotopic (exact) mass is 386 g/mol. The molecule has 0 aromatic heterocycles. The highest BCUT2D eigenvalue weighted by molar-refractivity contribution is 9.10. The van der Waals surface area contributed by atoms with Gasteiger partial charge in [0.2, 0.25) is 0 Å². The quantitative estimate of drug-likeness (QED) is 0.691. The number of ether oxygens (including phenoxy) is 1. The van der Waals surface area contributed by atoms with Crippen molar-refractivity contribution in [3.05, 3.63) is 28.2 Å². The van der Waals surface area contributed by atoms with Crippen LogP contribution in [0.5, 0.6) is 5.75 Å². The van der Waals surface area contributed by atoms with Crippen LogP contribution in [0.3, 0.4) is 0 Å². The van der Waals surface area contributed by atoms with Crippen molar-refractivity contribution >= 4 is 33.8 Å². The maximum absolute atomic E-state index is 12.0. The Balaban J connectivity index is 2.66. The average Bonchev–Trinajstić information content (AvgIpc) is 2.38. The predicted molar refractivity (Wildman–Crippen MR) is 87.1 cm³/mol. The Labute approximate surface area is 142 Å². The Kier molecular flexibility index (Phi) is 6.14. The van der Waals surface area contributed by atoms with E-state index in [1.807, 2.05) is 0 Å². The first-order valence-electron chi connectivity index (χ1n) is 6.82. The van der Waals surface area contributed by atoms with Crippen LogP contribution in [-0.4, -0.2) is 34.7 Å². The number of urea groups is 1. The fourth-order valence-corrected chi connectivity index (χ4v) is 1.90. The smallest absolute Gasteiger partial charge is 0.342 e. The van der Waals surface area contributed by atoms with Crippen LogP contribution >= 0.6 is 15.9 Å². The molecule has 1 unspecified atom stereocenters. The lowest BCUT2D eigenvalue weighted by Gasteiger charge is -2.21. The van der Waals surface area contributed by atoms with Gasteiger partial charge in [0, 0.05) is 10.0 Å². The first-order chi connectivity index (χ1) is 10.5. The summed E-state index contributed by atoms with van der Waals surface area (Å²) in [4.78, 5) is 35.4. The van der Waals surface area contributed by atoms with E-state index in [0.29, 0.717) is 4.47 Å². The summed E-state index contributed by atoms with van der Waals surface area (Å²) in [6.45, 7) is 6.61. The van der Waals surface area contributed by atoms with E-state index in [9.17, 15) is 19.5 Å². The first kappa shape index (κ1) is 19.0. The molecular formula is C15H19BrN2O5. The molecule has 0 spiro atoms. The molecule has 1 aromatic rings. The van der Waals surface area contributed by atoms with Crippen LogP contribution in [-0.2, 0) is 9.53 Å². The van der Waals surface area contributed by atoms with Gasteiger partial charge in [-0.2, -0.15) is 0 Å². The van der Waals surface area contributed by atoms with Crippen molar-refractivity contribution in [1.82, 2.24) is 10.6 Å². The number of esters is 1. The zero-order chi connectivity index (χ0) is 17.8. The molecule has 1 rings (SSSR count). The van der Waals surface area contributed by atoms with Crippen molar-refractivity contribution in [2.45, 2.75) is 39.3 Å². The van der Waals surface area contributed by atoms with Gasteiger partial charge in [-0.1, -0.05) is 15.9 Å². The molecule has 23 heavy (non-hydrogen) atoms. The number of carbonyl (C=O) groups excluding carboxylic acids is 3. The first-order valence-corrected chi connectivity index (χ1v) is 7.61. The Morgan fingerprint density at radius 1 is 1.26 bits per heavy atom. The highest BCUT2D eigenvalue weighted by Gasteiger charge is 2.23. The lowest BCUT2D eigenvalue weighted by atomic mass is 10.1. The Morgan fingerprint density at radius 3 is 2.43 bits per heavy atom. The van der Waals surface area contributed by atoms with Gasteiger partial charge in [0.15, 0.2) is 6.10 Å². The third kappa shape index (κ3) is 6.27. The highest BCUT2D eigenvalue weighted by Crippen LogP contribution is 2.22. The normalized spacial score (nSPS) is 12.2. The van der Waals surface area contributed by atoms with Crippen molar-refractivity contribution in [3.8, 4) is 5.75 Å². The topological polar surface area (TPSA) is 105 Å². The minimum Gasteiger partial charge on any atom is -0.507 e. The lowest BCUT2D eigenvalue weighted by Crippen LogP contribution is -2.50. The zero-order valence-electron chi connectivity index (χ0n) is 13.3. The van der Waals surface area contributed by atoms with E-state index in [2.05, 4.69) is 26.6 Å². The largest absolute Gasteiger partial charge is 0.507 e. The highest BCUT2D eigenvalue weighted by atomic mass is 79.9. The second kappa shape index (κ2) is 7.45.